The van der Waals surface area contributed by atoms with E-state index < -0.39 is 0 Å². The summed E-state index contributed by atoms with van der Waals surface area (Å²) in [5.41, 5.74) is 7.91. The fraction of sp³-hybridized carbons (Fsp3) is 0.385. The molecule has 0 saturated carbocycles. The summed E-state index contributed by atoms with van der Waals surface area (Å²) < 4.78 is 0. The standard InChI is InChI=1S/C13H19ClN2/c1-4-8-16(5-2)13-7-6-11(10(3)15)9-12(13)14/h4,6-7,9-10H,1,5,8,15H2,2-3H3. The third kappa shape index (κ3) is 3.00. The smallest absolute Gasteiger partial charge is 0.0643 e. The Balaban J connectivity index is 3.01. The van der Waals surface area contributed by atoms with Crippen LogP contribution in [0.25, 0.3) is 0 Å². The molecular formula is C13H19ClN2. The third-order valence-electron chi connectivity index (χ3n) is 2.57. The number of nitrogens with zero attached hydrogens (tertiary/aromatic N) is 1. The predicted molar refractivity (Wildman–Crippen MR) is 72.1 cm³/mol. The lowest BCUT2D eigenvalue weighted by atomic mass is 10.1. The van der Waals surface area contributed by atoms with Gasteiger partial charge in [-0.25, -0.2) is 0 Å². The van der Waals surface area contributed by atoms with Crippen LogP contribution >= 0.6 is 11.6 Å². The van der Waals surface area contributed by atoms with Crippen molar-refractivity contribution in [2.75, 3.05) is 18.0 Å². The minimum atomic E-state index is 0.0148. The average Bonchev–Trinajstić information content (AvgIpc) is 2.26. The normalized spacial score (nSPS) is 12.2. The highest BCUT2D eigenvalue weighted by molar-refractivity contribution is 6.33. The van der Waals surface area contributed by atoms with Gasteiger partial charge in [-0.3, -0.25) is 0 Å². The summed E-state index contributed by atoms with van der Waals surface area (Å²) in [5.74, 6) is 0. The lowest BCUT2D eigenvalue weighted by Gasteiger charge is -2.23. The van der Waals surface area contributed by atoms with Crippen LogP contribution in [0.3, 0.4) is 0 Å². The van der Waals surface area contributed by atoms with Gasteiger partial charge in [0.1, 0.15) is 0 Å². The first-order chi connectivity index (χ1) is 7.60. The number of anilines is 1. The van der Waals surface area contributed by atoms with Crippen molar-refractivity contribution < 1.29 is 0 Å². The molecule has 0 aliphatic heterocycles. The topological polar surface area (TPSA) is 29.3 Å². The van der Waals surface area contributed by atoms with Crippen molar-refractivity contribution in [3.63, 3.8) is 0 Å². The van der Waals surface area contributed by atoms with Gasteiger partial charge >= 0.3 is 0 Å². The summed E-state index contributed by atoms with van der Waals surface area (Å²) in [7, 11) is 0. The maximum absolute atomic E-state index is 6.25. The second kappa shape index (κ2) is 5.92. The number of benzene rings is 1. The summed E-state index contributed by atoms with van der Waals surface area (Å²) >= 11 is 6.25. The zero-order chi connectivity index (χ0) is 12.1. The predicted octanol–water partition coefficient (Wildman–Crippen LogP) is 3.37. The van der Waals surface area contributed by atoms with Crippen molar-refractivity contribution in [3.05, 3.63) is 41.4 Å². The van der Waals surface area contributed by atoms with Gasteiger partial charge < -0.3 is 10.6 Å². The van der Waals surface area contributed by atoms with Gasteiger partial charge in [0.2, 0.25) is 0 Å². The van der Waals surface area contributed by atoms with Gasteiger partial charge in [0.05, 0.1) is 10.7 Å². The van der Waals surface area contributed by atoms with Crippen LogP contribution < -0.4 is 10.6 Å². The molecule has 0 heterocycles. The van der Waals surface area contributed by atoms with E-state index in [0.717, 1.165) is 29.4 Å². The van der Waals surface area contributed by atoms with E-state index in [2.05, 4.69) is 18.4 Å². The Morgan fingerprint density at radius 3 is 2.69 bits per heavy atom. The van der Waals surface area contributed by atoms with E-state index in [9.17, 15) is 0 Å². The quantitative estimate of drug-likeness (QED) is 0.797. The highest BCUT2D eigenvalue weighted by Gasteiger charge is 2.09. The molecule has 0 spiro atoms. The van der Waals surface area contributed by atoms with Crippen LogP contribution in [0, 0.1) is 0 Å². The molecule has 0 aliphatic rings. The molecule has 1 atom stereocenters. The summed E-state index contributed by atoms with van der Waals surface area (Å²) in [4.78, 5) is 2.17. The molecule has 1 rings (SSSR count). The van der Waals surface area contributed by atoms with Gasteiger partial charge in [-0.15, -0.1) is 6.58 Å². The SMILES string of the molecule is C=CCN(CC)c1ccc(C(C)N)cc1Cl. The van der Waals surface area contributed by atoms with E-state index in [-0.39, 0.29) is 6.04 Å². The Kier molecular flexibility index (Phi) is 4.84. The number of hydrogen-bond donors (Lipinski definition) is 1. The van der Waals surface area contributed by atoms with Gasteiger partial charge in [0, 0.05) is 19.1 Å². The van der Waals surface area contributed by atoms with Crippen LogP contribution in [-0.2, 0) is 0 Å². The van der Waals surface area contributed by atoms with Gasteiger partial charge in [0.25, 0.3) is 0 Å². The molecule has 0 fully saturated rings. The van der Waals surface area contributed by atoms with E-state index in [4.69, 9.17) is 17.3 Å². The Morgan fingerprint density at radius 1 is 1.56 bits per heavy atom. The van der Waals surface area contributed by atoms with Gasteiger partial charge in [0.15, 0.2) is 0 Å². The van der Waals surface area contributed by atoms with Crippen molar-refractivity contribution in [1.29, 1.82) is 0 Å². The molecule has 88 valence electrons. The minimum absolute atomic E-state index is 0.0148. The monoisotopic (exact) mass is 238 g/mol. The fourth-order valence-corrected chi connectivity index (χ4v) is 1.92. The van der Waals surface area contributed by atoms with E-state index >= 15 is 0 Å². The maximum atomic E-state index is 6.25. The second-order valence-electron chi connectivity index (χ2n) is 3.83. The van der Waals surface area contributed by atoms with Crippen molar-refractivity contribution in [1.82, 2.24) is 0 Å². The average molecular weight is 239 g/mol. The number of likely N-dealkylation sites (N-methyl/N-ethyl adjacent to an activating group) is 1. The maximum Gasteiger partial charge on any atom is 0.0643 e. The first kappa shape index (κ1) is 13.1. The molecule has 1 unspecified atom stereocenters. The Hall–Kier alpha value is -0.990. The first-order valence-corrected chi connectivity index (χ1v) is 5.88. The van der Waals surface area contributed by atoms with Crippen molar-refractivity contribution >= 4 is 17.3 Å². The Morgan fingerprint density at radius 2 is 2.25 bits per heavy atom. The summed E-state index contributed by atoms with van der Waals surface area (Å²) in [6.07, 6.45) is 1.87. The van der Waals surface area contributed by atoms with Gasteiger partial charge in [-0.2, -0.15) is 0 Å². The zero-order valence-electron chi connectivity index (χ0n) is 9.91. The lowest BCUT2D eigenvalue weighted by Crippen LogP contribution is -2.22. The molecule has 0 amide bonds. The molecule has 1 aromatic rings. The highest BCUT2D eigenvalue weighted by Crippen LogP contribution is 2.28. The summed E-state index contributed by atoms with van der Waals surface area (Å²) in [5, 5.41) is 0.749. The molecule has 0 aromatic heterocycles. The molecule has 1 aromatic carbocycles. The third-order valence-corrected chi connectivity index (χ3v) is 2.87. The Labute approximate surface area is 103 Å². The van der Waals surface area contributed by atoms with E-state index in [1.807, 2.05) is 31.2 Å². The van der Waals surface area contributed by atoms with E-state index in [0.29, 0.717) is 0 Å². The van der Waals surface area contributed by atoms with Crippen LogP contribution in [0.4, 0.5) is 5.69 Å². The van der Waals surface area contributed by atoms with Crippen molar-refractivity contribution in [3.8, 4) is 0 Å². The van der Waals surface area contributed by atoms with Crippen LogP contribution in [0.1, 0.15) is 25.5 Å². The fourth-order valence-electron chi connectivity index (χ4n) is 1.62. The lowest BCUT2D eigenvalue weighted by molar-refractivity contribution is 0.816. The Bertz CT molecular complexity index is 361. The molecule has 3 heteroatoms. The molecule has 16 heavy (non-hydrogen) atoms. The first-order valence-electron chi connectivity index (χ1n) is 5.51. The molecule has 2 N–H and O–H groups in total. The minimum Gasteiger partial charge on any atom is -0.367 e. The second-order valence-corrected chi connectivity index (χ2v) is 4.23. The molecule has 0 bridgehead atoms. The van der Waals surface area contributed by atoms with Crippen LogP contribution in [0.5, 0.6) is 0 Å². The zero-order valence-corrected chi connectivity index (χ0v) is 10.7. The molecular weight excluding hydrogens is 220 g/mol. The number of nitrogens with two attached hydrogens (primary N) is 1. The van der Waals surface area contributed by atoms with Crippen LogP contribution in [0.2, 0.25) is 5.02 Å². The summed E-state index contributed by atoms with van der Waals surface area (Å²) in [6.45, 7) is 9.50. The molecule has 0 aliphatic carbocycles. The van der Waals surface area contributed by atoms with Crippen molar-refractivity contribution in [2.24, 2.45) is 5.73 Å². The number of rotatable bonds is 5. The van der Waals surface area contributed by atoms with Gasteiger partial charge in [-0.05, 0) is 31.5 Å². The number of hydrogen-bond acceptors (Lipinski definition) is 2. The molecule has 2 nitrogen and oxygen atoms in total. The molecule has 0 radical (unpaired) electrons. The van der Waals surface area contributed by atoms with Crippen molar-refractivity contribution in [2.45, 2.75) is 19.9 Å². The molecule has 0 saturated heterocycles. The van der Waals surface area contributed by atoms with Crippen LogP contribution in [0.15, 0.2) is 30.9 Å². The summed E-state index contributed by atoms with van der Waals surface area (Å²) in [6, 6.07) is 6.00. The largest absolute Gasteiger partial charge is 0.367 e. The van der Waals surface area contributed by atoms with E-state index in [1.165, 1.54) is 0 Å². The van der Waals surface area contributed by atoms with E-state index in [1.54, 1.807) is 0 Å². The van der Waals surface area contributed by atoms with Gasteiger partial charge in [-0.1, -0.05) is 23.7 Å². The van der Waals surface area contributed by atoms with Crippen LogP contribution in [-0.4, -0.2) is 13.1 Å². The number of halogens is 1. The highest BCUT2D eigenvalue weighted by atomic mass is 35.5.